The van der Waals surface area contributed by atoms with E-state index in [1.165, 1.54) is 10.4 Å². The lowest BCUT2D eigenvalue weighted by molar-refractivity contribution is 0.580. The molecule has 1 N–H and O–H groups in total. The van der Waals surface area contributed by atoms with E-state index in [1.54, 1.807) is 11.3 Å². The summed E-state index contributed by atoms with van der Waals surface area (Å²) in [6.45, 7) is 5.00. The van der Waals surface area contributed by atoms with Gasteiger partial charge in [0.25, 0.3) is 0 Å². The van der Waals surface area contributed by atoms with Crippen molar-refractivity contribution in [1.29, 1.82) is 5.26 Å². The van der Waals surface area contributed by atoms with Crippen LogP contribution in [0.1, 0.15) is 34.8 Å². The van der Waals surface area contributed by atoms with Crippen LogP contribution in [0.3, 0.4) is 0 Å². The van der Waals surface area contributed by atoms with Crippen molar-refractivity contribution < 1.29 is 0 Å². The Labute approximate surface area is 112 Å². The Bertz CT molecular complexity index is 561. The second kappa shape index (κ2) is 5.38. The smallest absolute Gasteiger partial charge is 0.120 e. The number of hydrogen-bond acceptors (Lipinski definition) is 3. The van der Waals surface area contributed by atoms with Crippen molar-refractivity contribution in [2.24, 2.45) is 7.05 Å². The van der Waals surface area contributed by atoms with Crippen molar-refractivity contribution in [1.82, 2.24) is 9.88 Å². The fourth-order valence-corrected chi connectivity index (χ4v) is 2.71. The molecule has 1 unspecified atom stereocenters. The van der Waals surface area contributed by atoms with Crippen LogP contribution in [0, 0.1) is 18.3 Å². The third-order valence-electron chi connectivity index (χ3n) is 3.32. The molecule has 2 aromatic heterocycles. The monoisotopic (exact) mass is 259 g/mol. The van der Waals surface area contributed by atoms with Crippen LogP contribution in [0.4, 0.5) is 0 Å². The van der Waals surface area contributed by atoms with Crippen LogP contribution >= 0.6 is 11.3 Å². The van der Waals surface area contributed by atoms with Gasteiger partial charge in [-0.05, 0) is 36.9 Å². The van der Waals surface area contributed by atoms with Crippen molar-refractivity contribution in [2.75, 3.05) is 0 Å². The summed E-state index contributed by atoms with van der Waals surface area (Å²) >= 11 is 1.76. The molecular weight excluding hydrogens is 242 g/mol. The maximum absolute atomic E-state index is 8.99. The zero-order valence-electron chi connectivity index (χ0n) is 10.9. The number of nitrogens with zero attached hydrogens (tertiary/aromatic N) is 2. The highest BCUT2D eigenvalue weighted by molar-refractivity contribution is 7.10. The molecule has 0 spiro atoms. The second-order valence-electron chi connectivity index (χ2n) is 4.43. The summed E-state index contributed by atoms with van der Waals surface area (Å²) in [4.78, 5) is 1.34. The summed E-state index contributed by atoms with van der Waals surface area (Å²) in [6, 6.07) is 8.72. The zero-order chi connectivity index (χ0) is 13.1. The molecule has 0 aliphatic rings. The van der Waals surface area contributed by atoms with Gasteiger partial charge in [0.1, 0.15) is 11.8 Å². The first-order chi connectivity index (χ1) is 8.63. The zero-order valence-corrected chi connectivity index (χ0v) is 11.7. The Hall–Kier alpha value is -1.57. The van der Waals surface area contributed by atoms with Crippen LogP contribution in [0.5, 0.6) is 0 Å². The van der Waals surface area contributed by atoms with E-state index in [4.69, 9.17) is 5.26 Å². The van der Waals surface area contributed by atoms with Gasteiger partial charge in [-0.15, -0.1) is 11.3 Å². The minimum atomic E-state index is 0.343. The third-order valence-corrected chi connectivity index (χ3v) is 4.38. The highest BCUT2D eigenvalue weighted by atomic mass is 32.1. The molecule has 3 nitrogen and oxygen atoms in total. The summed E-state index contributed by atoms with van der Waals surface area (Å²) in [6.07, 6.45) is 0. The highest BCUT2D eigenvalue weighted by Crippen LogP contribution is 2.20. The molecule has 2 heterocycles. The molecule has 0 aromatic carbocycles. The lowest BCUT2D eigenvalue weighted by atomic mass is 10.2. The van der Waals surface area contributed by atoms with Gasteiger partial charge in [-0.2, -0.15) is 5.26 Å². The summed E-state index contributed by atoms with van der Waals surface area (Å²) in [5.74, 6) is 0. The SMILES string of the molecule is Cc1c(CNC(C)c2cccs2)cc(C#N)n1C. The fourth-order valence-electron chi connectivity index (χ4n) is 1.95. The first-order valence-electron chi connectivity index (χ1n) is 5.95. The second-order valence-corrected chi connectivity index (χ2v) is 5.41. The molecule has 1 atom stereocenters. The van der Waals surface area contributed by atoms with Gasteiger partial charge in [0, 0.05) is 30.2 Å². The number of aromatic nitrogens is 1. The molecule has 0 saturated heterocycles. The standard InChI is InChI=1S/C14H17N3S/c1-10(14-5-4-6-18-14)16-9-12-7-13(8-15)17(3)11(12)2/h4-7,10,16H,9H2,1-3H3. The molecule has 0 fully saturated rings. The normalized spacial score (nSPS) is 12.3. The molecule has 0 radical (unpaired) electrons. The molecule has 0 aliphatic carbocycles. The van der Waals surface area contributed by atoms with E-state index in [0.717, 1.165) is 12.2 Å². The molecule has 0 bridgehead atoms. The van der Waals surface area contributed by atoms with Crippen LogP contribution in [0.15, 0.2) is 23.6 Å². The molecular formula is C14H17N3S. The van der Waals surface area contributed by atoms with Gasteiger partial charge < -0.3 is 9.88 Å². The molecule has 0 amide bonds. The van der Waals surface area contributed by atoms with Gasteiger partial charge in [0.15, 0.2) is 0 Å². The van der Waals surface area contributed by atoms with Gasteiger partial charge in [0.05, 0.1) is 0 Å². The minimum absolute atomic E-state index is 0.343. The maximum atomic E-state index is 8.99. The van der Waals surface area contributed by atoms with E-state index in [1.807, 2.05) is 24.6 Å². The minimum Gasteiger partial charge on any atom is -0.340 e. The van der Waals surface area contributed by atoms with Gasteiger partial charge in [-0.3, -0.25) is 0 Å². The average Bonchev–Trinajstić information content (AvgIpc) is 2.98. The number of hydrogen-bond donors (Lipinski definition) is 1. The summed E-state index contributed by atoms with van der Waals surface area (Å²) in [7, 11) is 1.93. The maximum Gasteiger partial charge on any atom is 0.120 e. The number of rotatable bonds is 4. The molecule has 0 saturated carbocycles. The Morgan fingerprint density at radius 3 is 2.89 bits per heavy atom. The predicted molar refractivity (Wildman–Crippen MR) is 74.4 cm³/mol. The topological polar surface area (TPSA) is 40.8 Å². The van der Waals surface area contributed by atoms with Crippen molar-refractivity contribution in [2.45, 2.75) is 26.4 Å². The van der Waals surface area contributed by atoms with E-state index in [9.17, 15) is 0 Å². The third kappa shape index (κ3) is 2.47. The van der Waals surface area contributed by atoms with Gasteiger partial charge in [-0.25, -0.2) is 0 Å². The van der Waals surface area contributed by atoms with Crippen molar-refractivity contribution in [3.05, 3.63) is 45.4 Å². The first kappa shape index (κ1) is 12.9. The van der Waals surface area contributed by atoms with Crippen LogP contribution < -0.4 is 5.32 Å². The van der Waals surface area contributed by atoms with E-state index >= 15 is 0 Å². The molecule has 4 heteroatoms. The molecule has 2 aromatic rings. The van der Waals surface area contributed by atoms with E-state index < -0.39 is 0 Å². The lowest BCUT2D eigenvalue weighted by Crippen LogP contribution is -2.17. The first-order valence-corrected chi connectivity index (χ1v) is 6.83. The van der Waals surface area contributed by atoms with E-state index in [2.05, 4.69) is 35.8 Å². The number of thiophene rings is 1. The van der Waals surface area contributed by atoms with Gasteiger partial charge in [-0.1, -0.05) is 6.07 Å². The number of nitrogens with one attached hydrogen (secondary N) is 1. The van der Waals surface area contributed by atoms with Crippen LogP contribution in [-0.4, -0.2) is 4.57 Å². The molecule has 2 rings (SSSR count). The Balaban J connectivity index is 2.05. The van der Waals surface area contributed by atoms with Crippen LogP contribution in [-0.2, 0) is 13.6 Å². The van der Waals surface area contributed by atoms with E-state index in [-0.39, 0.29) is 0 Å². The Kier molecular flexibility index (Phi) is 3.85. The Morgan fingerprint density at radius 1 is 1.56 bits per heavy atom. The van der Waals surface area contributed by atoms with Crippen molar-refractivity contribution in [3.63, 3.8) is 0 Å². The predicted octanol–water partition coefficient (Wildman–Crippen LogP) is 3.12. The Morgan fingerprint density at radius 2 is 2.33 bits per heavy atom. The quantitative estimate of drug-likeness (QED) is 0.916. The van der Waals surface area contributed by atoms with Crippen molar-refractivity contribution in [3.8, 4) is 6.07 Å². The molecule has 18 heavy (non-hydrogen) atoms. The summed E-state index contributed by atoms with van der Waals surface area (Å²) < 4.78 is 1.94. The fraction of sp³-hybridized carbons (Fsp3) is 0.357. The largest absolute Gasteiger partial charge is 0.340 e. The molecule has 0 aliphatic heterocycles. The highest BCUT2D eigenvalue weighted by Gasteiger charge is 2.10. The van der Waals surface area contributed by atoms with Crippen LogP contribution in [0.2, 0.25) is 0 Å². The molecule has 94 valence electrons. The van der Waals surface area contributed by atoms with Gasteiger partial charge in [0.2, 0.25) is 0 Å². The summed E-state index contributed by atoms with van der Waals surface area (Å²) in [5, 5.41) is 14.6. The van der Waals surface area contributed by atoms with Crippen molar-refractivity contribution >= 4 is 11.3 Å². The van der Waals surface area contributed by atoms with E-state index in [0.29, 0.717) is 11.7 Å². The lowest BCUT2D eigenvalue weighted by Gasteiger charge is -2.12. The van der Waals surface area contributed by atoms with Crippen LogP contribution in [0.25, 0.3) is 0 Å². The summed E-state index contributed by atoms with van der Waals surface area (Å²) in [5.41, 5.74) is 3.06. The number of nitriles is 1. The van der Waals surface area contributed by atoms with Gasteiger partial charge >= 0.3 is 0 Å². The average molecular weight is 259 g/mol.